The van der Waals surface area contributed by atoms with Gasteiger partial charge in [-0.25, -0.2) is 9.59 Å². The van der Waals surface area contributed by atoms with Crippen LogP contribution in [0.5, 0.6) is 0 Å². The largest absolute Gasteiger partial charge is 0.480 e. The standard InChI is InChI=1S/C12H21N3O5/c1-8(11(18)20-3)13-12(19)15-6-4-14(5-7-15)9(2)10(16)17/h8-9H,4-7H2,1-3H3,(H,13,19)(H,16,17). The van der Waals surface area contributed by atoms with Crippen LogP contribution in [0.25, 0.3) is 0 Å². The number of nitrogens with zero attached hydrogens (tertiary/aromatic N) is 2. The van der Waals surface area contributed by atoms with Crippen LogP contribution < -0.4 is 5.32 Å². The van der Waals surface area contributed by atoms with E-state index in [1.54, 1.807) is 23.6 Å². The predicted octanol–water partition coefficient (Wildman–Crippen LogP) is -0.652. The highest BCUT2D eigenvalue weighted by Crippen LogP contribution is 2.07. The van der Waals surface area contributed by atoms with Crippen LogP contribution in [0.15, 0.2) is 0 Å². The molecule has 20 heavy (non-hydrogen) atoms. The number of nitrogens with one attached hydrogen (secondary N) is 1. The number of piperazine rings is 1. The molecule has 2 atom stereocenters. The first-order valence-corrected chi connectivity index (χ1v) is 6.47. The van der Waals surface area contributed by atoms with E-state index in [0.717, 1.165) is 0 Å². The second-order valence-electron chi connectivity index (χ2n) is 4.73. The molecule has 0 spiro atoms. The van der Waals surface area contributed by atoms with Gasteiger partial charge in [-0.15, -0.1) is 0 Å². The Morgan fingerprint density at radius 2 is 1.70 bits per heavy atom. The highest BCUT2D eigenvalue weighted by atomic mass is 16.5. The number of carboxylic acids is 1. The molecule has 0 aromatic heterocycles. The summed E-state index contributed by atoms with van der Waals surface area (Å²) in [6.07, 6.45) is 0. The summed E-state index contributed by atoms with van der Waals surface area (Å²) in [6.45, 7) is 5.01. The molecule has 1 heterocycles. The molecule has 1 rings (SSSR count). The maximum Gasteiger partial charge on any atom is 0.328 e. The van der Waals surface area contributed by atoms with Crippen LogP contribution >= 0.6 is 0 Å². The molecule has 0 bridgehead atoms. The Morgan fingerprint density at radius 3 is 2.15 bits per heavy atom. The molecule has 0 aromatic rings. The molecule has 2 N–H and O–H groups in total. The van der Waals surface area contributed by atoms with E-state index in [1.807, 2.05) is 0 Å². The van der Waals surface area contributed by atoms with Crippen LogP contribution in [-0.4, -0.2) is 78.2 Å². The number of aliphatic carboxylic acids is 1. The molecular formula is C12H21N3O5. The Hall–Kier alpha value is -1.83. The van der Waals surface area contributed by atoms with E-state index in [2.05, 4.69) is 10.1 Å². The maximum atomic E-state index is 11.9. The minimum Gasteiger partial charge on any atom is -0.480 e. The molecule has 1 aliphatic rings. The van der Waals surface area contributed by atoms with Crippen molar-refractivity contribution in [1.82, 2.24) is 15.1 Å². The van der Waals surface area contributed by atoms with Crippen molar-refractivity contribution in [3.63, 3.8) is 0 Å². The average molecular weight is 287 g/mol. The highest BCUT2D eigenvalue weighted by molar-refractivity contribution is 5.83. The summed E-state index contributed by atoms with van der Waals surface area (Å²) in [5.74, 6) is -1.38. The molecule has 0 saturated carbocycles. The van der Waals surface area contributed by atoms with Gasteiger partial charge in [0.15, 0.2) is 0 Å². The zero-order valence-corrected chi connectivity index (χ0v) is 12.0. The number of carboxylic acid groups (broad SMARTS) is 1. The first kappa shape index (κ1) is 16.2. The van der Waals surface area contributed by atoms with E-state index in [9.17, 15) is 14.4 Å². The molecule has 1 fully saturated rings. The lowest BCUT2D eigenvalue weighted by molar-refractivity contribution is -0.144. The fourth-order valence-corrected chi connectivity index (χ4v) is 1.98. The van der Waals surface area contributed by atoms with E-state index in [-0.39, 0.29) is 6.03 Å². The quantitative estimate of drug-likeness (QED) is 0.667. The molecular weight excluding hydrogens is 266 g/mol. The summed E-state index contributed by atoms with van der Waals surface area (Å²) in [6, 6.07) is -1.61. The Labute approximate surface area is 117 Å². The van der Waals surface area contributed by atoms with Gasteiger partial charge < -0.3 is 20.1 Å². The molecule has 8 nitrogen and oxygen atoms in total. The average Bonchev–Trinajstić information content (AvgIpc) is 2.45. The molecule has 2 unspecified atom stereocenters. The van der Waals surface area contributed by atoms with Gasteiger partial charge in [-0.3, -0.25) is 9.69 Å². The molecule has 114 valence electrons. The van der Waals surface area contributed by atoms with E-state index in [1.165, 1.54) is 7.11 Å². The SMILES string of the molecule is COC(=O)C(C)NC(=O)N1CCN(C(C)C(=O)O)CC1. The van der Waals surface area contributed by atoms with Gasteiger partial charge in [-0.05, 0) is 13.8 Å². The van der Waals surface area contributed by atoms with Gasteiger partial charge in [0.05, 0.1) is 7.11 Å². The van der Waals surface area contributed by atoms with Crippen LogP contribution in [0.2, 0.25) is 0 Å². The number of esters is 1. The zero-order valence-electron chi connectivity index (χ0n) is 12.0. The maximum absolute atomic E-state index is 11.9. The van der Waals surface area contributed by atoms with Gasteiger partial charge in [-0.2, -0.15) is 0 Å². The summed E-state index contributed by atoms with van der Waals surface area (Å²) in [5.41, 5.74) is 0. The van der Waals surface area contributed by atoms with Gasteiger partial charge in [0.25, 0.3) is 0 Å². The normalized spacial score (nSPS) is 19.1. The second kappa shape index (κ2) is 7.09. The number of carbonyl (C=O) groups is 3. The molecule has 2 amide bonds. The van der Waals surface area contributed by atoms with Crippen LogP contribution in [0.3, 0.4) is 0 Å². The fourth-order valence-electron chi connectivity index (χ4n) is 1.98. The first-order chi connectivity index (χ1) is 9.36. The van der Waals surface area contributed by atoms with Crippen LogP contribution in [0.1, 0.15) is 13.8 Å². The topological polar surface area (TPSA) is 99.2 Å². The third-order valence-electron chi connectivity index (χ3n) is 3.40. The van der Waals surface area contributed by atoms with Crippen molar-refractivity contribution in [2.24, 2.45) is 0 Å². The number of rotatable bonds is 4. The highest BCUT2D eigenvalue weighted by Gasteiger charge is 2.28. The lowest BCUT2D eigenvalue weighted by Gasteiger charge is -2.36. The lowest BCUT2D eigenvalue weighted by Crippen LogP contribution is -2.56. The van der Waals surface area contributed by atoms with Crippen molar-refractivity contribution in [2.75, 3.05) is 33.3 Å². The van der Waals surface area contributed by atoms with E-state index in [4.69, 9.17) is 5.11 Å². The van der Waals surface area contributed by atoms with Gasteiger partial charge in [-0.1, -0.05) is 0 Å². The summed E-state index contributed by atoms with van der Waals surface area (Å²) in [7, 11) is 1.26. The summed E-state index contributed by atoms with van der Waals surface area (Å²) >= 11 is 0. The molecule has 1 aliphatic heterocycles. The molecule has 1 saturated heterocycles. The van der Waals surface area contributed by atoms with Crippen molar-refractivity contribution in [1.29, 1.82) is 0 Å². The zero-order chi connectivity index (χ0) is 15.3. The Bertz CT molecular complexity index is 379. The number of ether oxygens (including phenoxy) is 1. The minimum atomic E-state index is -0.873. The number of carbonyl (C=O) groups excluding carboxylic acids is 2. The van der Waals surface area contributed by atoms with Crippen molar-refractivity contribution < 1.29 is 24.2 Å². The minimum absolute atomic E-state index is 0.342. The predicted molar refractivity (Wildman–Crippen MR) is 70.3 cm³/mol. The second-order valence-corrected chi connectivity index (χ2v) is 4.73. The molecule has 0 radical (unpaired) electrons. The Morgan fingerprint density at radius 1 is 1.15 bits per heavy atom. The summed E-state index contributed by atoms with van der Waals surface area (Å²) in [4.78, 5) is 37.4. The third kappa shape index (κ3) is 4.09. The van der Waals surface area contributed by atoms with Crippen LogP contribution in [0, 0.1) is 0 Å². The van der Waals surface area contributed by atoms with E-state index in [0.29, 0.717) is 26.2 Å². The smallest absolute Gasteiger partial charge is 0.328 e. The number of urea groups is 1. The van der Waals surface area contributed by atoms with Crippen LogP contribution in [-0.2, 0) is 14.3 Å². The summed E-state index contributed by atoms with van der Waals surface area (Å²) in [5, 5.41) is 11.5. The number of hydrogen-bond acceptors (Lipinski definition) is 5. The van der Waals surface area contributed by atoms with E-state index < -0.39 is 24.0 Å². The van der Waals surface area contributed by atoms with Gasteiger partial charge in [0, 0.05) is 26.2 Å². The van der Waals surface area contributed by atoms with Gasteiger partial charge in [0.2, 0.25) is 0 Å². The first-order valence-electron chi connectivity index (χ1n) is 6.47. The Balaban J connectivity index is 2.43. The Kier molecular flexibility index (Phi) is 5.75. The number of amides is 2. The monoisotopic (exact) mass is 287 g/mol. The van der Waals surface area contributed by atoms with E-state index >= 15 is 0 Å². The van der Waals surface area contributed by atoms with Crippen molar-refractivity contribution in [2.45, 2.75) is 25.9 Å². The van der Waals surface area contributed by atoms with Gasteiger partial charge in [0.1, 0.15) is 12.1 Å². The lowest BCUT2D eigenvalue weighted by atomic mass is 10.2. The summed E-state index contributed by atoms with van der Waals surface area (Å²) < 4.78 is 4.53. The molecule has 8 heteroatoms. The third-order valence-corrected chi connectivity index (χ3v) is 3.40. The number of hydrogen-bond donors (Lipinski definition) is 2. The van der Waals surface area contributed by atoms with Gasteiger partial charge >= 0.3 is 18.0 Å². The van der Waals surface area contributed by atoms with Crippen molar-refractivity contribution in [3.8, 4) is 0 Å². The van der Waals surface area contributed by atoms with Crippen LogP contribution in [0.4, 0.5) is 4.79 Å². The van der Waals surface area contributed by atoms with Crippen molar-refractivity contribution >= 4 is 18.0 Å². The van der Waals surface area contributed by atoms with Crippen molar-refractivity contribution in [3.05, 3.63) is 0 Å². The molecule has 0 aliphatic carbocycles. The number of methoxy groups -OCH3 is 1. The fraction of sp³-hybridized carbons (Fsp3) is 0.750. The molecule has 0 aromatic carbocycles.